The summed E-state index contributed by atoms with van der Waals surface area (Å²) in [6.07, 6.45) is 1.20. The Morgan fingerprint density at radius 2 is 2.08 bits per heavy atom. The molecule has 13 heavy (non-hydrogen) atoms. The molecule has 0 bridgehead atoms. The number of hydrogen-bond acceptors (Lipinski definition) is 3. The molecule has 0 aliphatic carbocycles. The molecule has 0 aromatic carbocycles. The van der Waals surface area contributed by atoms with E-state index >= 15 is 0 Å². The van der Waals surface area contributed by atoms with Crippen LogP contribution in [-0.4, -0.2) is 51.3 Å². The SMILES string of the molecule is CCC(C)NCCN(C)CCOC. The Morgan fingerprint density at radius 3 is 2.62 bits per heavy atom. The summed E-state index contributed by atoms with van der Waals surface area (Å²) in [6.45, 7) is 8.41. The van der Waals surface area contributed by atoms with Gasteiger partial charge in [-0.3, -0.25) is 0 Å². The minimum Gasteiger partial charge on any atom is -0.383 e. The van der Waals surface area contributed by atoms with Crippen molar-refractivity contribution in [3.63, 3.8) is 0 Å². The van der Waals surface area contributed by atoms with Crippen molar-refractivity contribution in [2.75, 3.05) is 40.4 Å². The molecule has 3 heteroatoms. The first kappa shape index (κ1) is 12.9. The van der Waals surface area contributed by atoms with Gasteiger partial charge in [0.2, 0.25) is 0 Å². The van der Waals surface area contributed by atoms with E-state index in [9.17, 15) is 0 Å². The highest BCUT2D eigenvalue weighted by molar-refractivity contribution is 4.59. The summed E-state index contributed by atoms with van der Waals surface area (Å²) in [5.74, 6) is 0. The van der Waals surface area contributed by atoms with E-state index < -0.39 is 0 Å². The van der Waals surface area contributed by atoms with E-state index in [2.05, 4.69) is 31.1 Å². The van der Waals surface area contributed by atoms with Gasteiger partial charge < -0.3 is 15.0 Å². The average molecular weight is 188 g/mol. The van der Waals surface area contributed by atoms with Crippen LogP contribution in [0, 0.1) is 0 Å². The Hall–Kier alpha value is -0.120. The van der Waals surface area contributed by atoms with Crippen molar-refractivity contribution in [3.05, 3.63) is 0 Å². The van der Waals surface area contributed by atoms with Gasteiger partial charge in [-0.15, -0.1) is 0 Å². The van der Waals surface area contributed by atoms with Crippen molar-refractivity contribution in [1.29, 1.82) is 0 Å². The maximum absolute atomic E-state index is 5.00. The zero-order valence-corrected chi connectivity index (χ0v) is 9.47. The molecule has 0 radical (unpaired) electrons. The Morgan fingerprint density at radius 1 is 1.38 bits per heavy atom. The highest BCUT2D eigenvalue weighted by Gasteiger charge is 1.99. The fraction of sp³-hybridized carbons (Fsp3) is 1.00. The second kappa shape index (κ2) is 8.48. The van der Waals surface area contributed by atoms with Gasteiger partial charge in [0, 0.05) is 32.8 Å². The van der Waals surface area contributed by atoms with E-state index in [1.54, 1.807) is 7.11 Å². The van der Waals surface area contributed by atoms with Crippen molar-refractivity contribution in [3.8, 4) is 0 Å². The second-order valence-electron chi connectivity index (χ2n) is 3.56. The minimum atomic E-state index is 0.635. The zero-order chi connectivity index (χ0) is 10.1. The van der Waals surface area contributed by atoms with E-state index in [0.717, 1.165) is 26.2 Å². The molecular weight excluding hydrogens is 164 g/mol. The molecule has 0 spiro atoms. The molecule has 0 rings (SSSR count). The van der Waals surface area contributed by atoms with Crippen LogP contribution in [0.25, 0.3) is 0 Å². The van der Waals surface area contributed by atoms with E-state index in [1.807, 2.05) is 0 Å². The summed E-state index contributed by atoms with van der Waals surface area (Å²) < 4.78 is 5.00. The van der Waals surface area contributed by atoms with Crippen LogP contribution in [0.1, 0.15) is 20.3 Å². The Labute approximate surface area is 82.4 Å². The van der Waals surface area contributed by atoms with Gasteiger partial charge in [0.05, 0.1) is 6.61 Å². The summed E-state index contributed by atoms with van der Waals surface area (Å²) >= 11 is 0. The lowest BCUT2D eigenvalue weighted by molar-refractivity contribution is 0.161. The monoisotopic (exact) mass is 188 g/mol. The van der Waals surface area contributed by atoms with E-state index in [-0.39, 0.29) is 0 Å². The number of nitrogens with one attached hydrogen (secondary N) is 1. The van der Waals surface area contributed by atoms with Crippen LogP contribution in [-0.2, 0) is 4.74 Å². The van der Waals surface area contributed by atoms with Crippen LogP contribution in [0.15, 0.2) is 0 Å². The van der Waals surface area contributed by atoms with Gasteiger partial charge in [-0.25, -0.2) is 0 Å². The van der Waals surface area contributed by atoms with Gasteiger partial charge in [0.15, 0.2) is 0 Å². The topological polar surface area (TPSA) is 24.5 Å². The predicted octanol–water partition coefficient (Wildman–Crippen LogP) is 0.953. The molecule has 1 unspecified atom stereocenters. The number of likely N-dealkylation sites (N-methyl/N-ethyl adjacent to an activating group) is 1. The van der Waals surface area contributed by atoms with Crippen LogP contribution in [0.3, 0.4) is 0 Å². The van der Waals surface area contributed by atoms with Gasteiger partial charge in [0.1, 0.15) is 0 Å². The van der Waals surface area contributed by atoms with Crippen LogP contribution in [0.5, 0.6) is 0 Å². The second-order valence-corrected chi connectivity index (χ2v) is 3.56. The van der Waals surface area contributed by atoms with Gasteiger partial charge >= 0.3 is 0 Å². The Kier molecular flexibility index (Phi) is 8.40. The van der Waals surface area contributed by atoms with E-state index in [0.29, 0.717) is 6.04 Å². The average Bonchev–Trinajstić information content (AvgIpc) is 2.14. The smallest absolute Gasteiger partial charge is 0.0589 e. The molecule has 0 saturated carbocycles. The maximum Gasteiger partial charge on any atom is 0.0589 e. The van der Waals surface area contributed by atoms with Crippen LogP contribution in [0.4, 0.5) is 0 Å². The van der Waals surface area contributed by atoms with Crippen molar-refractivity contribution < 1.29 is 4.74 Å². The molecule has 0 aromatic rings. The Bertz CT molecular complexity index is 109. The quantitative estimate of drug-likeness (QED) is 0.614. The van der Waals surface area contributed by atoms with Gasteiger partial charge in [-0.1, -0.05) is 6.92 Å². The minimum absolute atomic E-state index is 0.635. The van der Waals surface area contributed by atoms with Crippen LogP contribution < -0.4 is 5.32 Å². The fourth-order valence-corrected chi connectivity index (χ4v) is 1.01. The lowest BCUT2D eigenvalue weighted by Gasteiger charge is -2.18. The highest BCUT2D eigenvalue weighted by Crippen LogP contribution is 1.87. The lowest BCUT2D eigenvalue weighted by Crippen LogP contribution is -2.35. The standard InChI is InChI=1S/C10H24N2O/c1-5-10(2)11-6-7-12(3)8-9-13-4/h10-11H,5-9H2,1-4H3. The number of hydrogen-bond donors (Lipinski definition) is 1. The molecule has 1 atom stereocenters. The van der Waals surface area contributed by atoms with Crippen LogP contribution in [0.2, 0.25) is 0 Å². The van der Waals surface area contributed by atoms with E-state index in [1.165, 1.54) is 6.42 Å². The maximum atomic E-state index is 5.00. The molecule has 80 valence electrons. The normalized spacial score (nSPS) is 13.6. The Balaban J connectivity index is 3.21. The first-order valence-corrected chi connectivity index (χ1v) is 5.11. The highest BCUT2D eigenvalue weighted by atomic mass is 16.5. The van der Waals surface area contributed by atoms with E-state index in [4.69, 9.17) is 4.74 Å². The number of nitrogens with zero attached hydrogens (tertiary/aromatic N) is 1. The predicted molar refractivity (Wildman–Crippen MR) is 57.1 cm³/mol. The van der Waals surface area contributed by atoms with Gasteiger partial charge in [0.25, 0.3) is 0 Å². The molecule has 3 nitrogen and oxygen atoms in total. The van der Waals surface area contributed by atoms with Crippen molar-refractivity contribution in [1.82, 2.24) is 10.2 Å². The fourth-order valence-electron chi connectivity index (χ4n) is 1.01. The summed E-state index contributed by atoms with van der Waals surface area (Å²) in [6, 6.07) is 0.635. The molecule has 0 aromatic heterocycles. The lowest BCUT2D eigenvalue weighted by atomic mass is 10.2. The molecule has 1 N–H and O–H groups in total. The molecule has 0 aliphatic rings. The van der Waals surface area contributed by atoms with Crippen molar-refractivity contribution in [2.45, 2.75) is 26.3 Å². The third-order valence-corrected chi connectivity index (χ3v) is 2.28. The number of methoxy groups -OCH3 is 1. The largest absolute Gasteiger partial charge is 0.383 e. The van der Waals surface area contributed by atoms with Crippen LogP contribution >= 0.6 is 0 Å². The van der Waals surface area contributed by atoms with Gasteiger partial charge in [-0.05, 0) is 20.4 Å². The first-order valence-electron chi connectivity index (χ1n) is 5.11. The number of rotatable bonds is 8. The molecule has 0 fully saturated rings. The van der Waals surface area contributed by atoms with Gasteiger partial charge in [-0.2, -0.15) is 0 Å². The molecule has 0 amide bonds. The molecule has 0 aliphatic heterocycles. The van der Waals surface area contributed by atoms with Crippen molar-refractivity contribution in [2.24, 2.45) is 0 Å². The number of ether oxygens (including phenoxy) is 1. The summed E-state index contributed by atoms with van der Waals surface area (Å²) in [7, 11) is 3.86. The molecule has 0 saturated heterocycles. The summed E-state index contributed by atoms with van der Waals surface area (Å²) in [5.41, 5.74) is 0. The third kappa shape index (κ3) is 8.22. The molecular formula is C10H24N2O. The zero-order valence-electron chi connectivity index (χ0n) is 9.47. The summed E-state index contributed by atoms with van der Waals surface area (Å²) in [4.78, 5) is 2.28. The third-order valence-electron chi connectivity index (χ3n) is 2.28. The van der Waals surface area contributed by atoms with Crippen molar-refractivity contribution >= 4 is 0 Å². The molecule has 0 heterocycles. The summed E-state index contributed by atoms with van der Waals surface area (Å²) in [5, 5.41) is 3.46. The first-order chi connectivity index (χ1) is 6.20.